The van der Waals surface area contributed by atoms with Gasteiger partial charge in [0, 0.05) is 74.5 Å². The van der Waals surface area contributed by atoms with Crippen LogP contribution in [0.5, 0.6) is 17.2 Å². The molecule has 0 radical (unpaired) electrons. The Morgan fingerprint density at radius 2 is 1.46 bits per heavy atom. The Bertz CT molecular complexity index is 2730. The van der Waals surface area contributed by atoms with Crippen molar-refractivity contribution >= 4 is 63.2 Å². The van der Waals surface area contributed by atoms with Crippen molar-refractivity contribution in [1.82, 2.24) is 20.1 Å². The zero-order valence-electron chi connectivity index (χ0n) is 37.4. The number of hydrogen-bond donors (Lipinski definition) is 3. The van der Waals surface area contributed by atoms with Crippen LogP contribution in [0.25, 0.3) is 10.9 Å². The molecule has 1 atom stereocenters. The van der Waals surface area contributed by atoms with Gasteiger partial charge in [0.1, 0.15) is 34.5 Å². The lowest BCUT2D eigenvalue weighted by Gasteiger charge is -2.38. The molecule has 16 heteroatoms. The molecule has 1 aliphatic carbocycles. The van der Waals surface area contributed by atoms with E-state index < -0.39 is 29.1 Å². The van der Waals surface area contributed by atoms with Crippen LogP contribution >= 0.6 is 0 Å². The summed E-state index contributed by atoms with van der Waals surface area (Å²) in [5.74, 6) is 0.269. The van der Waals surface area contributed by atoms with E-state index in [0.717, 1.165) is 104 Å². The summed E-state index contributed by atoms with van der Waals surface area (Å²) in [6, 6.07) is 23.0. The molecule has 15 nitrogen and oxygen atoms in total. The first-order valence-corrected chi connectivity index (χ1v) is 23.2. The largest absolute Gasteiger partial charge is 0.495 e. The molecule has 4 aromatic carbocycles. The Kier molecular flexibility index (Phi) is 12.0. The number of nitrogens with zero attached hydrogens (tertiary/aromatic N) is 5. The number of carbonyl (C=O) groups is 5. The van der Waals surface area contributed by atoms with Gasteiger partial charge < -0.3 is 35.2 Å². The second-order valence-electron chi connectivity index (χ2n) is 18.2. The number of piperidine rings is 2. The fraction of sp³-hybridized carbons (Fsp3) is 0.373. The third-order valence-electron chi connectivity index (χ3n) is 14.1. The van der Waals surface area contributed by atoms with Crippen LogP contribution in [-0.4, -0.2) is 110 Å². The number of methoxy groups -OCH3 is 1. The third-order valence-corrected chi connectivity index (χ3v) is 14.1. The second-order valence-corrected chi connectivity index (χ2v) is 18.2. The number of pyridine rings is 1. The number of anilines is 4. The first-order chi connectivity index (χ1) is 32.6. The first-order valence-electron chi connectivity index (χ1n) is 23.2. The lowest BCUT2D eigenvalue weighted by atomic mass is 9.92. The van der Waals surface area contributed by atoms with E-state index >= 15 is 0 Å². The van der Waals surface area contributed by atoms with E-state index in [1.54, 1.807) is 43.6 Å². The van der Waals surface area contributed by atoms with Gasteiger partial charge in [0.25, 0.3) is 11.8 Å². The number of halogens is 1. The number of fused-ring (bicyclic) bond motifs is 2. The maximum absolute atomic E-state index is 13.4. The lowest BCUT2D eigenvalue weighted by Crippen LogP contribution is -2.52. The normalized spacial score (nSPS) is 19.5. The van der Waals surface area contributed by atoms with Gasteiger partial charge in [-0.2, -0.15) is 0 Å². The Balaban J connectivity index is 0.700. The molecule has 5 amide bonds. The quantitative estimate of drug-likeness (QED) is 0.0838. The summed E-state index contributed by atoms with van der Waals surface area (Å²) in [6.07, 6.45) is 7.06. The van der Waals surface area contributed by atoms with Crippen molar-refractivity contribution in [2.75, 3.05) is 79.9 Å². The van der Waals surface area contributed by atoms with E-state index in [-0.39, 0.29) is 17.7 Å². The molecule has 67 heavy (non-hydrogen) atoms. The molecule has 3 N–H and O–H groups in total. The van der Waals surface area contributed by atoms with Crippen LogP contribution in [0.1, 0.15) is 65.7 Å². The van der Waals surface area contributed by atoms with E-state index in [0.29, 0.717) is 65.7 Å². The summed E-state index contributed by atoms with van der Waals surface area (Å²) in [7, 11) is 1.68. The average molecular weight is 909 g/mol. The number of benzene rings is 4. The van der Waals surface area contributed by atoms with Crippen molar-refractivity contribution in [2.45, 2.75) is 51.0 Å². The van der Waals surface area contributed by atoms with Gasteiger partial charge in [-0.1, -0.05) is 0 Å². The van der Waals surface area contributed by atoms with E-state index in [9.17, 15) is 28.4 Å². The standard InChI is InChI=1S/C51H53FN8O7/c1-66-45-30-40-41(53-21-14-44(40)67-37-11-8-35(9-12-37)56-50(65)51(18-19-51)49(64)55-34-6-4-33(52)5-7-34)31-43(45)59-23-16-32(17-24-59)15-22-57-25-27-58(28-26-57)36-10-13-38-39(29-36)48(63)60(47(38)62)42-3-2-20-54-46(42)61/h4-14,21,29-32,42H,2-3,15-20,22-28H2,1H3,(H,54,61)(H,55,64)(H,56,65). The molecular weight excluding hydrogens is 856 g/mol. The molecule has 0 bridgehead atoms. The summed E-state index contributed by atoms with van der Waals surface area (Å²) >= 11 is 0. The van der Waals surface area contributed by atoms with Gasteiger partial charge in [0.2, 0.25) is 17.7 Å². The van der Waals surface area contributed by atoms with Crippen molar-refractivity contribution in [3.05, 3.63) is 108 Å². The predicted molar refractivity (Wildman–Crippen MR) is 251 cm³/mol. The number of aromatic nitrogens is 1. The van der Waals surface area contributed by atoms with Crippen molar-refractivity contribution in [3.63, 3.8) is 0 Å². The van der Waals surface area contributed by atoms with Gasteiger partial charge in [-0.3, -0.25) is 38.8 Å². The molecule has 0 spiro atoms. The first kappa shape index (κ1) is 43.8. The highest BCUT2D eigenvalue weighted by Gasteiger charge is 2.56. The van der Waals surface area contributed by atoms with E-state index in [2.05, 4.69) is 41.7 Å². The summed E-state index contributed by atoms with van der Waals surface area (Å²) in [4.78, 5) is 78.3. The van der Waals surface area contributed by atoms with E-state index in [1.165, 1.54) is 24.3 Å². The highest BCUT2D eigenvalue weighted by Crippen LogP contribution is 2.48. The monoisotopic (exact) mass is 908 g/mol. The number of nitrogens with one attached hydrogen (secondary N) is 3. The van der Waals surface area contributed by atoms with Gasteiger partial charge >= 0.3 is 0 Å². The molecule has 1 saturated carbocycles. The topological polar surface area (TPSA) is 166 Å². The van der Waals surface area contributed by atoms with Crippen LogP contribution in [0.4, 0.5) is 27.1 Å². The van der Waals surface area contributed by atoms with Crippen LogP contribution in [0, 0.1) is 17.2 Å². The van der Waals surface area contributed by atoms with E-state index in [4.69, 9.17) is 9.47 Å². The zero-order valence-corrected chi connectivity index (χ0v) is 37.4. The predicted octanol–water partition coefficient (Wildman–Crippen LogP) is 6.84. The molecule has 4 aliphatic heterocycles. The number of carbonyl (C=O) groups excluding carboxylic acids is 5. The number of rotatable bonds is 13. The summed E-state index contributed by atoms with van der Waals surface area (Å²) in [5, 5.41) is 9.18. The minimum atomic E-state index is -1.17. The number of piperazine rings is 1. The molecular formula is C51H53FN8O7. The van der Waals surface area contributed by atoms with E-state index in [1.807, 2.05) is 24.3 Å². The van der Waals surface area contributed by atoms with Gasteiger partial charge in [-0.25, -0.2) is 4.39 Å². The maximum Gasteiger partial charge on any atom is 0.262 e. The van der Waals surface area contributed by atoms with Gasteiger partial charge in [0.05, 0.1) is 29.4 Å². The second kappa shape index (κ2) is 18.3. The van der Waals surface area contributed by atoms with Gasteiger partial charge in [0.15, 0.2) is 0 Å². The minimum Gasteiger partial charge on any atom is -0.495 e. The van der Waals surface area contributed by atoms with Crippen molar-refractivity contribution in [1.29, 1.82) is 0 Å². The van der Waals surface area contributed by atoms with Gasteiger partial charge in [-0.15, -0.1) is 0 Å². The van der Waals surface area contributed by atoms with Crippen molar-refractivity contribution in [2.24, 2.45) is 11.3 Å². The Morgan fingerprint density at radius 3 is 2.13 bits per heavy atom. The molecule has 5 aliphatic rings. The molecule has 4 fully saturated rings. The molecule has 1 unspecified atom stereocenters. The molecule has 5 aromatic rings. The third kappa shape index (κ3) is 8.85. The molecule has 346 valence electrons. The average Bonchev–Trinajstić information content (AvgIpc) is 4.14. The Labute approximate surface area is 387 Å². The van der Waals surface area contributed by atoms with Crippen LogP contribution in [-0.2, 0) is 14.4 Å². The lowest BCUT2D eigenvalue weighted by molar-refractivity contribution is -0.131. The maximum atomic E-state index is 13.4. The Morgan fingerprint density at radius 1 is 0.776 bits per heavy atom. The number of amides is 5. The summed E-state index contributed by atoms with van der Waals surface area (Å²) < 4.78 is 25.6. The van der Waals surface area contributed by atoms with Crippen LogP contribution in [0.3, 0.4) is 0 Å². The smallest absolute Gasteiger partial charge is 0.262 e. The summed E-state index contributed by atoms with van der Waals surface area (Å²) in [5.41, 5.74) is 3.25. The van der Waals surface area contributed by atoms with Crippen molar-refractivity contribution < 1.29 is 37.8 Å². The van der Waals surface area contributed by atoms with Crippen LogP contribution < -0.4 is 35.2 Å². The highest BCUT2D eigenvalue weighted by molar-refractivity contribution is 6.23. The number of imide groups is 1. The minimum absolute atomic E-state index is 0.263. The zero-order chi connectivity index (χ0) is 46.2. The fourth-order valence-corrected chi connectivity index (χ4v) is 9.87. The molecule has 5 heterocycles. The SMILES string of the molecule is COc1cc2c(Oc3ccc(NC(=O)C4(C(=O)Nc5ccc(F)cc5)CC4)cc3)ccnc2cc1N1CCC(CCN2CCN(c3ccc4c(c3)C(=O)N(C3CCCNC3=O)C4=O)CC2)CC1. The van der Waals surface area contributed by atoms with Gasteiger partial charge in [-0.05, 0) is 142 Å². The van der Waals surface area contributed by atoms with Crippen LogP contribution in [0.2, 0.25) is 0 Å². The summed E-state index contributed by atoms with van der Waals surface area (Å²) in [6.45, 7) is 6.88. The molecule has 3 saturated heterocycles. The number of ether oxygens (including phenoxy) is 2. The van der Waals surface area contributed by atoms with Crippen molar-refractivity contribution in [3.8, 4) is 17.2 Å². The Hall–Kier alpha value is -7.07. The molecule has 10 rings (SSSR count). The van der Waals surface area contributed by atoms with Crippen LogP contribution in [0.15, 0.2) is 91.1 Å². The fourth-order valence-electron chi connectivity index (χ4n) is 9.87. The highest BCUT2D eigenvalue weighted by atomic mass is 19.1. The molecule has 1 aromatic heterocycles. The number of hydrogen-bond acceptors (Lipinski definition) is 11.